The summed E-state index contributed by atoms with van der Waals surface area (Å²) in [5.74, 6) is -0.115. The Bertz CT molecular complexity index is 1610. The van der Waals surface area contributed by atoms with Crippen LogP contribution in [0.4, 0.5) is 4.39 Å². The summed E-state index contributed by atoms with van der Waals surface area (Å²) in [6, 6.07) is 9.04. The fraction of sp³-hybridized carbons (Fsp3) is 0.455. The smallest absolute Gasteiger partial charge is 0.272 e. The van der Waals surface area contributed by atoms with Gasteiger partial charge in [-0.1, -0.05) is 6.07 Å². The molecule has 6 rings (SSSR count). The molecule has 3 aromatic rings. The number of likely N-dealkylation sites (tertiary alicyclic amines) is 1. The quantitative estimate of drug-likeness (QED) is 0.452. The number of aryl methyl sites for hydroxylation is 3. The molecule has 0 unspecified atom stereocenters. The zero-order valence-corrected chi connectivity index (χ0v) is 25.6. The molecule has 1 aromatic heterocycles. The molecule has 4 bridgehead atoms. The van der Waals surface area contributed by atoms with Gasteiger partial charge in [-0.2, -0.15) is 5.10 Å². The van der Waals surface area contributed by atoms with E-state index in [9.17, 15) is 18.8 Å². The molecule has 0 saturated carbocycles. The average molecular weight is 620 g/mol. The molecule has 45 heavy (non-hydrogen) atoms. The van der Waals surface area contributed by atoms with E-state index in [1.807, 2.05) is 6.07 Å². The van der Waals surface area contributed by atoms with Crippen LogP contribution in [0.2, 0.25) is 0 Å². The van der Waals surface area contributed by atoms with Crippen LogP contribution in [0.15, 0.2) is 36.4 Å². The van der Waals surface area contributed by atoms with Crippen molar-refractivity contribution in [2.24, 2.45) is 7.05 Å². The van der Waals surface area contributed by atoms with Crippen molar-refractivity contribution in [2.75, 3.05) is 26.8 Å². The number of nitrogens with zero attached hydrogens (tertiary/aromatic N) is 3. The number of amides is 3. The molecule has 3 aliphatic rings. The molecule has 3 heterocycles. The number of halogens is 1. The van der Waals surface area contributed by atoms with Crippen LogP contribution in [-0.2, 0) is 42.4 Å². The van der Waals surface area contributed by atoms with Crippen molar-refractivity contribution in [1.29, 1.82) is 0 Å². The van der Waals surface area contributed by atoms with Crippen LogP contribution in [0.25, 0.3) is 0 Å². The van der Waals surface area contributed by atoms with Crippen LogP contribution >= 0.6 is 0 Å². The van der Waals surface area contributed by atoms with Gasteiger partial charge in [0.25, 0.3) is 11.8 Å². The molecule has 2 aliphatic heterocycles. The molecule has 11 nitrogen and oxygen atoms in total. The van der Waals surface area contributed by atoms with Gasteiger partial charge in [0.2, 0.25) is 5.91 Å². The van der Waals surface area contributed by atoms with E-state index < -0.39 is 23.9 Å². The third-order valence-electron chi connectivity index (χ3n) is 8.64. The Morgan fingerprint density at radius 3 is 2.73 bits per heavy atom. The lowest BCUT2D eigenvalue weighted by Crippen LogP contribution is -2.58. The maximum Gasteiger partial charge on any atom is 0.272 e. The number of ether oxygens (including phenoxy) is 3. The molecule has 2 N–H and O–H groups in total. The minimum atomic E-state index is -0.610. The summed E-state index contributed by atoms with van der Waals surface area (Å²) in [6.07, 6.45) is 4.23. The highest BCUT2D eigenvalue weighted by molar-refractivity contribution is 5.94. The van der Waals surface area contributed by atoms with Crippen molar-refractivity contribution >= 4 is 17.7 Å². The number of hydrogen-bond donors (Lipinski definition) is 2. The number of hydrogen-bond acceptors (Lipinski definition) is 7. The molecule has 2 aromatic carbocycles. The molecular weight excluding hydrogens is 581 g/mol. The summed E-state index contributed by atoms with van der Waals surface area (Å²) in [4.78, 5) is 41.5. The minimum Gasteiger partial charge on any atom is -0.493 e. The number of rotatable bonds is 2. The monoisotopic (exact) mass is 619 g/mol. The molecule has 12 heteroatoms. The molecule has 238 valence electrons. The maximum atomic E-state index is 14.7. The normalized spacial score (nSPS) is 20.6. The van der Waals surface area contributed by atoms with Gasteiger partial charge in [0.1, 0.15) is 23.4 Å². The summed E-state index contributed by atoms with van der Waals surface area (Å²) < 4.78 is 33.9. The molecule has 1 aliphatic carbocycles. The zero-order valence-electron chi connectivity index (χ0n) is 25.6. The molecule has 3 amide bonds. The van der Waals surface area contributed by atoms with Gasteiger partial charge in [0.05, 0.1) is 18.8 Å². The van der Waals surface area contributed by atoms with Crippen LogP contribution in [0.3, 0.4) is 0 Å². The summed E-state index contributed by atoms with van der Waals surface area (Å²) in [5.41, 5.74) is 3.95. The Morgan fingerprint density at radius 1 is 1.04 bits per heavy atom. The van der Waals surface area contributed by atoms with E-state index in [0.29, 0.717) is 42.1 Å². The number of aromatic nitrogens is 2. The van der Waals surface area contributed by atoms with Crippen molar-refractivity contribution in [3.63, 3.8) is 0 Å². The molecule has 2 atom stereocenters. The predicted octanol–water partition coefficient (Wildman–Crippen LogP) is 2.87. The topological polar surface area (TPSA) is 124 Å². The second kappa shape index (κ2) is 13.2. The summed E-state index contributed by atoms with van der Waals surface area (Å²) in [7, 11) is 3.31. The van der Waals surface area contributed by atoms with Gasteiger partial charge >= 0.3 is 0 Å². The second-order valence-corrected chi connectivity index (χ2v) is 11.8. The number of methoxy groups -OCH3 is 1. The number of benzene rings is 2. The maximum absolute atomic E-state index is 14.7. The Hall–Kier alpha value is -4.61. The van der Waals surface area contributed by atoms with Crippen LogP contribution in [0.5, 0.6) is 17.2 Å². The van der Waals surface area contributed by atoms with Gasteiger partial charge in [-0.25, -0.2) is 4.39 Å². The van der Waals surface area contributed by atoms with Crippen LogP contribution in [-0.4, -0.2) is 71.4 Å². The average Bonchev–Trinajstić information content (AvgIpc) is 3.37. The third-order valence-corrected chi connectivity index (χ3v) is 8.64. The standard InChI is InChI=1S/C33H38FN5O6/c1-38-32(24-5-3-4-6-25(24)37-38)33(42)39-12-11-27-26(18-39)36-31(41)19-44-29-15-20(7-9-28(29)43-2)8-10-30(40)35-17-21-13-22(34)16-23(14-21)45-27/h7,9,13-16,26-27H,3-6,8,10-12,17-19H2,1-2H3,(H,35,40)(H,36,41)/t26-,27-/m1/s1. The lowest BCUT2D eigenvalue weighted by atomic mass is 9.95. The number of nitrogens with one attached hydrogen (secondary N) is 2. The minimum absolute atomic E-state index is 0.131. The first-order valence-corrected chi connectivity index (χ1v) is 15.4. The Kier molecular flexibility index (Phi) is 8.90. The molecule has 0 spiro atoms. The third kappa shape index (κ3) is 6.89. The number of carbonyl (C=O) groups is 3. The van der Waals surface area contributed by atoms with Crippen LogP contribution in [0.1, 0.15) is 58.6 Å². The van der Waals surface area contributed by atoms with Gasteiger partial charge in [0, 0.05) is 51.2 Å². The van der Waals surface area contributed by atoms with Gasteiger partial charge in [-0.15, -0.1) is 0 Å². The number of piperidine rings is 1. The van der Waals surface area contributed by atoms with Gasteiger partial charge in [-0.3, -0.25) is 19.1 Å². The molecule has 0 radical (unpaired) electrons. The van der Waals surface area contributed by atoms with Crippen LogP contribution < -0.4 is 24.8 Å². The Morgan fingerprint density at radius 2 is 1.89 bits per heavy atom. The SMILES string of the molecule is COc1ccc2cc1OCC(=O)N[C@@H]1CN(C(=O)c3c4c(nn3C)CCCC4)CC[C@H]1Oc1cc(F)cc(c1)CNC(=O)CC2. The van der Waals surface area contributed by atoms with Crippen molar-refractivity contribution in [3.05, 3.63) is 70.3 Å². The van der Waals surface area contributed by atoms with E-state index in [-0.39, 0.29) is 43.7 Å². The predicted molar refractivity (Wildman–Crippen MR) is 162 cm³/mol. The van der Waals surface area contributed by atoms with Crippen LogP contribution in [0, 0.1) is 5.82 Å². The summed E-state index contributed by atoms with van der Waals surface area (Å²) in [6.45, 7) is 0.393. The van der Waals surface area contributed by atoms with Crippen molar-refractivity contribution in [2.45, 2.75) is 63.6 Å². The second-order valence-electron chi connectivity index (χ2n) is 11.8. The van der Waals surface area contributed by atoms with Crippen molar-refractivity contribution in [3.8, 4) is 17.2 Å². The highest BCUT2D eigenvalue weighted by Gasteiger charge is 2.37. The molecular formula is C33H38FN5O6. The van der Waals surface area contributed by atoms with E-state index in [2.05, 4.69) is 15.7 Å². The highest BCUT2D eigenvalue weighted by atomic mass is 19.1. The van der Waals surface area contributed by atoms with Gasteiger partial charge in [-0.05, 0) is 67.5 Å². The molecule has 1 saturated heterocycles. The summed E-state index contributed by atoms with van der Waals surface area (Å²) >= 11 is 0. The van der Waals surface area contributed by atoms with Gasteiger partial charge < -0.3 is 29.7 Å². The molecule has 1 fully saturated rings. The lowest BCUT2D eigenvalue weighted by molar-refractivity contribution is -0.125. The first-order valence-electron chi connectivity index (χ1n) is 15.4. The van der Waals surface area contributed by atoms with Gasteiger partial charge in [0.15, 0.2) is 18.1 Å². The first-order chi connectivity index (χ1) is 21.8. The van der Waals surface area contributed by atoms with E-state index in [1.165, 1.54) is 19.2 Å². The Balaban J connectivity index is 1.27. The largest absolute Gasteiger partial charge is 0.493 e. The summed E-state index contributed by atoms with van der Waals surface area (Å²) in [5, 5.41) is 10.5. The number of fused-ring (bicyclic) bond motifs is 6. The van der Waals surface area contributed by atoms with E-state index in [1.54, 1.807) is 34.8 Å². The van der Waals surface area contributed by atoms with E-state index in [0.717, 1.165) is 42.5 Å². The van der Waals surface area contributed by atoms with Crippen molar-refractivity contribution in [1.82, 2.24) is 25.3 Å². The lowest BCUT2D eigenvalue weighted by Gasteiger charge is -2.39. The fourth-order valence-electron chi connectivity index (χ4n) is 6.39. The van der Waals surface area contributed by atoms with Crippen molar-refractivity contribution < 1.29 is 33.0 Å². The highest BCUT2D eigenvalue weighted by Crippen LogP contribution is 2.30. The van der Waals surface area contributed by atoms with E-state index in [4.69, 9.17) is 14.2 Å². The van der Waals surface area contributed by atoms with E-state index >= 15 is 0 Å². The zero-order chi connectivity index (χ0) is 31.5. The first kappa shape index (κ1) is 30.4. The Labute approximate surface area is 261 Å². The number of carbonyl (C=O) groups excluding carboxylic acids is 3. The fourth-order valence-corrected chi connectivity index (χ4v) is 6.39.